The number of benzene rings is 1. The Morgan fingerprint density at radius 3 is 2.38 bits per heavy atom. The van der Waals surface area contributed by atoms with Crippen molar-refractivity contribution in [1.29, 1.82) is 0 Å². The van der Waals surface area contributed by atoms with E-state index in [4.69, 9.17) is 0 Å². The Balaban J connectivity index is 3.07. The molecule has 1 radical (unpaired) electrons. The third-order valence-electron chi connectivity index (χ3n) is 1.43. The average molecular weight is 318 g/mol. The van der Waals surface area contributed by atoms with Crippen LogP contribution in [0.2, 0.25) is 0 Å². The maximum Gasteiger partial charge on any atom is 0.534 e. The molecule has 0 spiro atoms. The van der Waals surface area contributed by atoms with Gasteiger partial charge in [-0.2, -0.15) is 21.6 Å². The molecule has 0 aliphatic heterocycles. The fourth-order valence-electron chi connectivity index (χ4n) is 0.863. The third-order valence-corrected chi connectivity index (χ3v) is 2.84. The van der Waals surface area contributed by atoms with Gasteiger partial charge in [0.25, 0.3) is 0 Å². The highest BCUT2D eigenvalue weighted by Gasteiger charge is 2.48. The minimum absolute atomic E-state index is 0.305. The van der Waals surface area contributed by atoms with Crippen LogP contribution in [0.5, 0.6) is 5.75 Å². The monoisotopic (exact) mass is 317 g/mol. The second kappa shape index (κ2) is 4.25. The van der Waals surface area contributed by atoms with Crippen LogP contribution < -0.4 is 4.18 Å². The van der Waals surface area contributed by atoms with Crippen molar-refractivity contribution in [1.82, 2.24) is 0 Å². The first-order valence-electron chi connectivity index (χ1n) is 3.82. The van der Waals surface area contributed by atoms with Gasteiger partial charge in [-0.25, -0.2) is 0 Å². The van der Waals surface area contributed by atoms with Crippen molar-refractivity contribution in [3.8, 4) is 5.75 Å². The third kappa shape index (κ3) is 3.11. The van der Waals surface area contributed by atoms with Crippen molar-refractivity contribution >= 4 is 26.0 Å². The van der Waals surface area contributed by atoms with Gasteiger partial charge >= 0.3 is 15.6 Å². The summed E-state index contributed by atoms with van der Waals surface area (Å²) >= 11 is 2.96. The molecular weight excluding hydrogens is 313 g/mol. The predicted molar refractivity (Wildman–Crippen MR) is 53.3 cm³/mol. The highest BCUT2D eigenvalue weighted by Crippen LogP contribution is 2.28. The van der Waals surface area contributed by atoms with Crippen LogP contribution in [0.25, 0.3) is 0 Å². The van der Waals surface area contributed by atoms with Gasteiger partial charge in [0.15, 0.2) is 0 Å². The van der Waals surface area contributed by atoms with Crippen LogP contribution in [0.3, 0.4) is 0 Å². The topological polar surface area (TPSA) is 43.4 Å². The summed E-state index contributed by atoms with van der Waals surface area (Å²) in [6, 6.07) is 4.91. The van der Waals surface area contributed by atoms with Gasteiger partial charge in [-0.05, 0) is 24.6 Å². The summed E-state index contributed by atoms with van der Waals surface area (Å²) in [6.45, 7) is 1.54. The molecule has 0 aliphatic rings. The van der Waals surface area contributed by atoms with Crippen molar-refractivity contribution in [2.45, 2.75) is 12.4 Å². The second-order valence-electron chi connectivity index (χ2n) is 2.83. The lowest BCUT2D eigenvalue weighted by Crippen LogP contribution is -2.28. The number of hydrogen-bond acceptors (Lipinski definition) is 3. The van der Waals surface area contributed by atoms with Crippen molar-refractivity contribution in [3.05, 3.63) is 28.2 Å². The quantitative estimate of drug-likeness (QED) is 0.622. The fraction of sp³-hybridized carbons (Fsp3) is 0.250. The van der Waals surface area contributed by atoms with Crippen molar-refractivity contribution < 1.29 is 25.8 Å². The molecule has 0 fully saturated rings. The smallest absolute Gasteiger partial charge is 0.376 e. The van der Waals surface area contributed by atoms with E-state index in [1.54, 1.807) is 0 Å². The SMILES string of the molecule is Cc1[c]c(Br)cc(OS(=O)(=O)C(F)(F)F)c1. The molecule has 0 bridgehead atoms. The van der Waals surface area contributed by atoms with Crippen LogP contribution in [-0.2, 0) is 10.1 Å². The Morgan fingerprint density at radius 1 is 1.38 bits per heavy atom. The van der Waals surface area contributed by atoms with Crippen LogP contribution in [-0.4, -0.2) is 13.9 Å². The summed E-state index contributed by atoms with van der Waals surface area (Å²) in [5.74, 6) is -0.416. The molecule has 0 N–H and O–H groups in total. The fourth-order valence-corrected chi connectivity index (χ4v) is 1.84. The van der Waals surface area contributed by atoms with E-state index in [1.807, 2.05) is 0 Å². The van der Waals surface area contributed by atoms with E-state index >= 15 is 0 Å². The molecule has 0 atom stereocenters. The normalized spacial score (nSPS) is 12.6. The second-order valence-corrected chi connectivity index (χ2v) is 5.22. The number of aryl methyl sites for hydroxylation is 1. The Labute approximate surface area is 98.5 Å². The summed E-state index contributed by atoms with van der Waals surface area (Å²) in [5, 5.41) is 0. The first-order chi connectivity index (χ1) is 7.12. The summed E-state index contributed by atoms with van der Waals surface area (Å²) in [6.07, 6.45) is 0. The van der Waals surface area contributed by atoms with Gasteiger partial charge in [-0.1, -0.05) is 15.9 Å². The Morgan fingerprint density at radius 2 is 1.94 bits per heavy atom. The molecular formula is C8H5BrF3O3S. The molecule has 0 aromatic heterocycles. The molecule has 1 rings (SSSR count). The van der Waals surface area contributed by atoms with Gasteiger partial charge in [-0.15, -0.1) is 0 Å². The molecule has 0 saturated heterocycles. The van der Waals surface area contributed by atoms with E-state index in [-0.39, 0.29) is 0 Å². The van der Waals surface area contributed by atoms with Gasteiger partial charge in [-0.3, -0.25) is 0 Å². The van der Waals surface area contributed by atoms with Crippen molar-refractivity contribution in [2.75, 3.05) is 0 Å². The number of alkyl halides is 3. The van der Waals surface area contributed by atoms with Crippen molar-refractivity contribution in [2.24, 2.45) is 0 Å². The minimum atomic E-state index is -5.62. The van der Waals surface area contributed by atoms with Crippen LogP contribution in [0.15, 0.2) is 16.6 Å². The summed E-state index contributed by atoms with van der Waals surface area (Å²) in [4.78, 5) is 0. The Bertz CT molecular complexity index is 475. The highest BCUT2D eigenvalue weighted by atomic mass is 79.9. The molecule has 0 amide bonds. The van der Waals surface area contributed by atoms with Gasteiger partial charge in [0, 0.05) is 10.5 Å². The van der Waals surface area contributed by atoms with Crippen LogP contribution in [0, 0.1) is 13.0 Å². The number of halogens is 4. The van der Waals surface area contributed by atoms with Crippen LogP contribution >= 0.6 is 15.9 Å². The van der Waals surface area contributed by atoms with E-state index in [0.29, 0.717) is 10.0 Å². The Kier molecular flexibility index (Phi) is 3.53. The number of rotatable bonds is 2. The molecule has 8 heteroatoms. The lowest BCUT2D eigenvalue weighted by atomic mass is 10.2. The van der Waals surface area contributed by atoms with E-state index in [2.05, 4.69) is 26.2 Å². The molecule has 89 valence electrons. The zero-order valence-electron chi connectivity index (χ0n) is 7.80. The molecule has 0 heterocycles. The zero-order chi connectivity index (χ0) is 12.6. The standard InChI is InChI=1S/C8H5BrF3O3S/c1-5-2-6(9)4-7(3-5)15-16(13,14)8(10,11)12/h3-4H,1H3. The van der Waals surface area contributed by atoms with E-state index in [1.165, 1.54) is 6.92 Å². The summed E-state index contributed by atoms with van der Waals surface area (Å²) in [7, 11) is -5.62. The Hall–Kier alpha value is -0.760. The lowest BCUT2D eigenvalue weighted by molar-refractivity contribution is -0.0500. The molecule has 1 aromatic carbocycles. The first kappa shape index (κ1) is 13.3. The average Bonchev–Trinajstić information content (AvgIpc) is 1.97. The molecule has 16 heavy (non-hydrogen) atoms. The molecule has 0 aliphatic carbocycles. The van der Waals surface area contributed by atoms with Crippen molar-refractivity contribution in [3.63, 3.8) is 0 Å². The molecule has 3 nitrogen and oxygen atoms in total. The van der Waals surface area contributed by atoms with Gasteiger partial charge in [0.2, 0.25) is 0 Å². The predicted octanol–water partition coefficient (Wildman–Crippen LogP) is 2.79. The first-order valence-corrected chi connectivity index (χ1v) is 6.02. The van der Waals surface area contributed by atoms with Gasteiger partial charge < -0.3 is 4.18 Å². The minimum Gasteiger partial charge on any atom is -0.376 e. The van der Waals surface area contributed by atoms with E-state index in [0.717, 1.165) is 12.1 Å². The zero-order valence-corrected chi connectivity index (χ0v) is 10.2. The summed E-state index contributed by atoms with van der Waals surface area (Å²) in [5.41, 5.74) is -4.99. The molecule has 0 unspecified atom stereocenters. The van der Waals surface area contributed by atoms with E-state index < -0.39 is 21.4 Å². The van der Waals surface area contributed by atoms with Gasteiger partial charge in [0.05, 0.1) is 0 Å². The maximum absolute atomic E-state index is 12.0. The van der Waals surface area contributed by atoms with Crippen LogP contribution in [0.4, 0.5) is 13.2 Å². The largest absolute Gasteiger partial charge is 0.534 e. The highest BCUT2D eigenvalue weighted by molar-refractivity contribution is 9.10. The van der Waals surface area contributed by atoms with Gasteiger partial charge in [0.1, 0.15) is 5.75 Å². The van der Waals surface area contributed by atoms with Crippen LogP contribution in [0.1, 0.15) is 5.56 Å². The maximum atomic E-state index is 12.0. The summed E-state index contributed by atoms with van der Waals surface area (Å²) < 4.78 is 61.5. The lowest BCUT2D eigenvalue weighted by Gasteiger charge is -2.09. The molecule has 1 aromatic rings. The number of hydrogen-bond donors (Lipinski definition) is 0. The van der Waals surface area contributed by atoms with E-state index in [9.17, 15) is 21.6 Å². The molecule has 0 saturated carbocycles.